The summed E-state index contributed by atoms with van der Waals surface area (Å²) in [5.41, 5.74) is 5.39. The molecule has 0 aliphatic carbocycles. The van der Waals surface area contributed by atoms with E-state index in [1.54, 1.807) is 0 Å². The van der Waals surface area contributed by atoms with E-state index in [0.29, 0.717) is 6.42 Å². The van der Waals surface area contributed by atoms with Crippen LogP contribution in [0.3, 0.4) is 0 Å². The van der Waals surface area contributed by atoms with Crippen molar-refractivity contribution in [1.29, 1.82) is 0 Å². The van der Waals surface area contributed by atoms with Crippen molar-refractivity contribution in [2.45, 2.75) is 315 Å². The van der Waals surface area contributed by atoms with Gasteiger partial charge in [-0.3, -0.25) is 18.6 Å². The number of hydrogen-bond acceptors (Lipinski definition) is 8. The molecule has 10 heteroatoms. The molecule has 3 N–H and O–H groups in total. The third kappa shape index (κ3) is 60.8. The Bertz CT molecular complexity index is 1410. The average Bonchev–Trinajstić information content (AvgIpc) is 3.40. The van der Waals surface area contributed by atoms with Gasteiger partial charge in [0.25, 0.3) is 0 Å². The van der Waals surface area contributed by atoms with Gasteiger partial charge in [0, 0.05) is 19.4 Å². The summed E-state index contributed by atoms with van der Waals surface area (Å²) >= 11 is 0. The molecular formula is C65H120NO8P. The second-order valence-electron chi connectivity index (χ2n) is 21.3. The standard InChI is InChI=1S/C65H120NO8P/c1-3-5-7-9-11-13-15-17-19-21-23-25-26-27-28-29-30-31-32-33-34-35-36-38-40-42-44-46-48-50-52-54-56-58-65(68)74-63(62-73-75(69,70)72-60-59-66)61-71-64(67)57-55-53-51-49-47-45-43-41-39-37-24-22-20-18-16-14-12-10-8-6-4-2/h15-18,21-24,26-27,63H,3-14,19-20,25,28-62,66H2,1-2H3,(H,69,70)/b17-15-,18-16-,23-21-,24-22-,27-26-. The average molecular weight is 1070 g/mol. The smallest absolute Gasteiger partial charge is 0.462 e. The number of ether oxygens (including phenoxy) is 2. The lowest BCUT2D eigenvalue weighted by atomic mass is 10.0. The summed E-state index contributed by atoms with van der Waals surface area (Å²) in [6.45, 7) is 3.76. The maximum absolute atomic E-state index is 12.7. The third-order valence-corrected chi connectivity index (χ3v) is 14.9. The van der Waals surface area contributed by atoms with Gasteiger partial charge in [0.05, 0.1) is 13.2 Å². The van der Waals surface area contributed by atoms with Crippen molar-refractivity contribution in [3.8, 4) is 0 Å². The van der Waals surface area contributed by atoms with Crippen LogP contribution in [-0.4, -0.2) is 49.3 Å². The lowest BCUT2D eigenvalue weighted by Crippen LogP contribution is -2.29. The first-order valence-electron chi connectivity index (χ1n) is 31.8. The van der Waals surface area contributed by atoms with E-state index in [1.807, 2.05) is 0 Å². The molecule has 438 valence electrons. The number of rotatable bonds is 60. The van der Waals surface area contributed by atoms with Crippen LogP contribution in [0, 0.1) is 0 Å². The Labute approximate surface area is 463 Å². The lowest BCUT2D eigenvalue weighted by molar-refractivity contribution is -0.161. The van der Waals surface area contributed by atoms with Crippen LogP contribution in [0.4, 0.5) is 0 Å². The molecule has 0 aliphatic rings. The normalized spacial score (nSPS) is 13.4. The molecule has 0 saturated heterocycles. The molecule has 9 nitrogen and oxygen atoms in total. The summed E-state index contributed by atoms with van der Waals surface area (Å²) in [6, 6.07) is 0. The molecule has 0 amide bonds. The van der Waals surface area contributed by atoms with Crippen molar-refractivity contribution >= 4 is 19.8 Å². The molecule has 0 aromatic carbocycles. The van der Waals surface area contributed by atoms with Crippen molar-refractivity contribution in [3.63, 3.8) is 0 Å². The first kappa shape index (κ1) is 72.7. The highest BCUT2D eigenvalue weighted by molar-refractivity contribution is 7.47. The van der Waals surface area contributed by atoms with Crippen LogP contribution < -0.4 is 5.73 Å². The molecule has 0 radical (unpaired) electrons. The first-order valence-corrected chi connectivity index (χ1v) is 33.3. The topological polar surface area (TPSA) is 134 Å². The first-order chi connectivity index (χ1) is 36.8. The number of allylic oxidation sites excluding steroid dienone is 10. The molecule has 0 rings (SSSR count). The fourth-order valence-corrected chi connectivity index (χ4v) is 9.91. The van der Waals surface area contributed by atoms with Crippen LogP contribution in [0.5, 0.6) is 0 Å². The summed E-state index contributed by atoms with van der Waals surface area (Å²) in [4.78, 5) is 35.2. The minimum absolute atomic E-state index is 0.0525. The maximum Gasteiger partial charge on any atom is 0.472 e. The van der Waals surface area contributed by atoms with Crippen molar-refractivity contribution < 1.29 is 37.6 Å². The number of carbonyl (C=O) groups excluding carboxylic acids is 2. The molecule has 0 heterocycles. The highest BCUT2D eigenvalue weighted by Crippen LogP contribution is 2.43. The molecule has 0 aromatic rings. The quantitative estimate of drug-likeness (QED) is 0.0264. The van der Waals surface area contributed by atoms with Gasteiger partial charge in [0.1, 0.15) is 6.61 Å². The van der Waals surface area contributed by atoms with Crippen molar-refractivity contribution in [1.82, 2.24) is 0 Å². The predicted molar refractivity (Wildman–Crippen MR) is 321 cm³/mol. The molecule has 0 spiro atoms. The molecule has 2 atom stereocenters. The fourth-order valence-electron chi connectivity index (χ4n) is 9.15. The Morgan fingerprint density at radius 2 is 0.693 bits per heavy atom. The second-order valence-corrected chi connectivity index (χ2v) is 22.7. The number of esters is 2. The maximum atomic E-state index is 12.7. The van der Waals surface area contributed by atoms with E-state index in [0.717, 1.165) is 57.8 Å². The molecule has 0 aliphatic heterocycles. The van der Waals surface area contributed by atoms with E-state index < -0.39 is 26.5 Å². The number of hydrogen-bond donors (Lipinski definition) is 2. The zero-order valence-corrected chi connectivity index (χ0v) is 49.9. The zero-order chi connectivity index (χ0) is 54.5. The summed E-state index contributed by atoms with van der Waals surface area (Å²) in [7, 11) is -4.39. The van der Waals surface area contributed by atoms with Gasteiger partial charge in [-0.15, -0.1) is 0 Å². The Morgan fingerprint density at radius 1 is 0.400 bits per heavy atom. The summed E-state index contributed by atoms with van der Waals surface area (Å²) in [5, 5.41) is 0. The van der Waals surface area contributed by atoms with Gasteiger partial charge < -0.3 is 20.1 Å². The van der Waals surface area contributed by atoms with Gasteiger partial charge in [-0.2, -0.15) is 0 Å². The second kappa shape index (κ2) is 60.9. The van der Waals surface area contributed by atoms with Crippen LogP contribution in [0.25, 0.3) is 0 Å². The molecule has 0 bridgehead atoms. The van der Waals surface area contributed by atoms with Crippen molar-refractivity contribution in [2.24, 2.45) is 5.73 Å². The molecule has 2 unspecified atom stereocenters. The SMILES string of the molecule is CCCCCCC/C=C\C/C=C\C/C=C\CCCCCCCCCCCCCCCCCCCCC(=O)OC(COC(=O)CCCCCCCCCCC/C=C\C/C=C\CCCCCCC)COP(=O)(O)OCCN. The molecule has 0 fully saturated rings. The largest absolute Gasteiger partial charge is 0.472 e. The van der Waals surface area contributed by atoms with Gasteiger partial charge in [-0.25, -0.2) is 4.57 Å². The molecule has 0 aromatic heterocycles. The van der Waals surface area contributed by atoms with Gasteiger partial charge in [0.15, 0.2) is 6.10 Å². The number of phosphoric acid groups is 1. The van der Waals surface area contributed by atoms with E-state index in [1.165, 1.54) is 218 Å². The fraction of sp³-hybridized carbons (Fsp3) is 0.815. The van der Waals surface area contributed by atoms with Crippen LogP contribution in [0.15, 0.2) is 60.8 Å². The van der Waals surface area contributed by atoms with Crippen LogP contribution in [0.2, 0.25) is 0 Å². The number of carbonyl (C=O) groups is 2. The van der Waals surface area contributed by atoms with Gasteiger partial charge >= 0.3 is 19.8 Å². The Balaban J connectivity index is 3.89. The third-order valence-electron chi connectivity index (χ3n) is 13.9. The number of unbranched alkanes of at least 4 members (excludes halogenated alkanes) is 37. The van der Waals surface area contributed by atoms with E-state index in [-0.39, 0.29) is 38.6 Å². The molecule has 75 heavy (non-hydrogen) atoms. The highest BCUT2D eigenvalue weighted by Gasteiger charge is 2.26. The summed E-state index contributed by atoms with van der Waals surface area (Å²) < 4.78 is 33.1. The summed E-state index contributed by atoms with van der Waals surface area (Å²) in [6.07, 6.45) is 77.2. The Hall–Kier alpha value is -2.29. The van der Waals surface area contributed by atoms with Crippen LogP contribution >= 0.6 is 7.82 Å². The zero-order valence-electron chi connectivity index (χ0n) is 49.0. The van der Waals surface area contributed by atoms with E-state index in [9.17, 15) is 19.0 Å². The van der Waals surface area contributed by atoms with Crippen LogP contribution in [-0.2, 0) is 32.7 Å². The van der Waals surface area contributed by atoms with E-state index >= 15 is 0 Å². The predicted octanol–water partition coefficient (Wildman–Crippen LogP) is 20.3. The number of phosphoric ester groups is 1. The molecule has 0 saturated carbocycles. The minimum atomic E-state index is -4.39. The van der Waals surface area contributed by atoms with Gasteiger partial charge in [0.2, 0.25) is 0 Å². The molecular weight excluding hydrogens is 954 g/mol. The van der Waals surface area contributed by atoms with Crippen molar-refractivity contribution in [3.05, 3.63) is 60.8 Å². The highest BCUT2D eigenvalue weighted by atomic mass is 31.2. The van der Waals surface area contributed by atoms with E-state index in [2.05, 4.69) is 74.6 Å². The Morgan fingerprint density at radius 3 is 1.03 bits per heavy atom. The van der Waals surface area contributed by atoms with Crippen LogP contribution in [0.1, 0.15) is 309 Å². The van der Waals surface area contributed by atoms with Gasteiger partial charge in [-0.1, -0.05) is 274 Å². The van der Waals surface area contributed by atoms with Crippen molar-refractivity contribution in [2.75, 3.05) is 26.4 Å². The lowest BCUT2D eigenvalue weighted by Gasteiger charge is -2.19. The van der Waals surface area contributed by atoms with E-state index in [4.69, 9.17) is 24.3 Å². The number of nitrogens with two attached hydrogens (primary N) is 1. The summed E-state index contributed by atoms with van der Waals surface area (Å²) in [5.74, 6) is -0.821. The minimum Gasteiger partial charge on any atom is -0.462 e. The monoisotopic (exact) mass is 1070 g/mol. The Kier molecular flexibility index (Phi) is 59.1. The van der Waals surface area contributed by atoms with Gasteiger partial charge in [-0.05, 0) is 83.5 Å².